The second-order valence-corrected chi connectivity index (χ2v) is 6.64. The third-order valence-corrected chi connectivity index (χ3v) is 4.16. The molecular formula is C13H21N3O2S. The zero-order valence-electron chi connectivity index (χ0n) is 11.1. The first-order chi connectivity index (χ1) is 8.94. The lowest BCUT2D eigenvalue weighted by Crippen LogP contribution is -2.35. The molecule has 1 aromatic rings. The largest absolute Gasteiger partial charge is 0.296 e. The van der Waals surface area contributed by atoms with Crippen molar-refractivity contribution in [2.24, 2.45) is 11.1 Å². The van der Waals surface area contributed by atoms with Gasteiger partial charge in [-0.1, -0.05) is 30.3 Å². The quantitative estimate of drug-likeness (QED) is 0.835. The molecule has 1 aliphatic heterocycles. The molecule has 0 spiro atoms. The summed E-state index contributed by atoms with van der Waals surface area (Å²) >= 11 is 0. The second kappa shape index (κ2) is 6.00. The third kappa shape index (κ3) is 4.58. The lowest BCUT2D eigenvalue weighted by Gasteiger charge is -2.21. The van der Waals surface area contributed by atoms with Crippen molar-refractivity contribution in [3.8, 4) is 0 Å². The molecule has 106 valence electrons. The van der Waals surface area contributed by atoms with Crippen molar-refractivity contribution in [1.29, 1.82) is 0 Å². The molecule has 2 atom stereocenters. The van der Waals surface area contributed by atoms with Gasteiger partial charge in [-0.05, 0) is 24.8 Å². The number of nitrogens with one attached hydrogen (secondary N) is 1. The Bertz CT molecular complexity index is 504. The Morgan fingerprint density at radius 2 is 2.05 bits per heavy atom. The van der Waals surface area contributed by atoms with E-state index in [4.69, 9.17) is 5.14 Å². The van der Waals surface area contributed by atoms with Gasteiger partial charge in [0.25, 0.3) is 10.2 Å². The maximum atomic E-state index is 10.9. The summed E-state index contributed by atoms with van der Waals surface area (Å²) in [5, 5.41) is 4.95. The SMILES string of the molecule is C[C@@H]1C[C@@H](CNS(N)(=O)=O)CN1Cc1ccccc1. The van der Waals surface area contributed by atoms with Gasteiger partial charge in [0, 0.05) is 25.7 Å². The minimum atomic E-state index is -3.57. The van der Waals surface area contributed by atoms with E-state index in [2.05, 4.69) is 28.7 Å². The van der Waals surface area contributed by atoms with Gasteiger partial charge in [0.05, 0.1) is 0 Å². The van der Waals surface area contributed by atoms with Crippen LogP contribution in [0, 0.1) is 5.92 Å². The molecule has 1 aliphatic rings. The van der Waals surface area contributed by atoms with Crippen LogP contribution < -0.4 is 9.86 Å². The fourth-order valence-corrected chi connectivity index (χ4v) is 3.11. The van der Waals surface area contributed by atoms with E-state index in [1.54, 1.807) is 0 Å². The molecule has 0 amide bonds. The summed E-state index contributed by atoms with van der Waals surface area (Å²) in [7, 11) is -3.57. The van der Waals surface area contributed by atoms with Crippen LogP contribution in [0.1, 0.15) is 18.9 Å². The van der Waals surface area contributed by atoms with Gasteiger partial charge in [-0.3, -0.25) is 4.90 Å². The average Bonchev–Trinajstić information content (AvgIpc) is 2.68. The van der Waals surface area contributed by atoms with Crippen molar-refractivity contribution >= 4 is 10.2 Å². The van der Waals surface area contributed by atoms with E-state index in [-0.39, 0.29) is 0 Å². The van der Waals surface area contributed by atoms with E-state index in [1.807, 2.05) is 18.2 Å². The lowest BCUT2D eigenvalue weighted by atomic mass is 10.1. The number of hydrogen-bond donors (Lipinski definition) is 2. The highest BCUT2D eigenvalue weighted by Crippen LogP contribution is 2.24. The Balaban J connectivity index is 1.87. The minimum Gasteiger partial charge on any atom is -0.296 e. The fraction of sp³-hybridized carbons (Fsp3) is 0.538. The maximum Gasteiger partial charge on any atom is 0.274 e. The Morgan fingerprint density at radius 3 is 2.68 bits per heavy atom. The first-order valence-electron chi connectivity index (χ1n) is 6.49. The van der Waals surface area contributed by atoms with Crippen molar-refractivity contribution in [2.45, 2.75) is 25.9 Å². The molecule has 6 heteroatoms. The molecule has 0 aliphatic carbocycles. The number of rotatable bonds is 5. The van der Waals surface area contributed by atoms with Crippen LogP contribution in [0.5, 0.6) is 0 Å². The van der Waals surface area contributed by atoms with Gasteiger partial charge in [0.15, 0.2) is 0 Å². The van der Waals surface area contributed by atoms with Crippen LogP contribution in [0.3, 0.4) is 0 Å². The van der Waals surface area contributed by atoms with Crippen LogP contribution in [0.25, 0.3) is 0 Å². The van der Waals surface area contributed by atoms with Crippen LogP contribution in [-0.4, -0.2) is 32.4 Å². The molecule has 3 N–H and O–H groups in total. The van der Waals surface area contributed by atoms with Crippen LogP contribution in [-0.2, 0) is 16.8 Å². The molecular weight excluding hydrogens is 262 g/mol. The van der Waals surface area contributed by atoms with Crippen molar-refractivity contribution in [2.75, 3.05) is 13.1 Å². The van der Waals surface area contributed by atoms with Crippen molar-refractivity contribution in [1.82, 2.24) is 9.62 Å². The van der Waals surface area contributed by atoms with Crippen LogP contribution in [0.2, 0.25) is 0 Å². The Hall–Kier alpha value is -0.950. The monoisotopic (exact) mass is 283 g/mol. The van der Waals surface area contributed by atoms with Crippen LogP contribution in [0.4, 0.5) is 0 Å². The van der Waals surface area contributed by atoms with Gasteiger partial charge < -0.3 is 0 Å². The van der Waals surface area contributed by atoms with Crippen molar-refractivity contribution in [3.63, 3.8) is 0 Å². The zero-order valence-corrected chi connectivity index (χ0v) is 11.9. The Kier molecular flexibility index (Phi) is 4.57. The summed E-state index contributed by atoms with van der Waals surface area (Å²) in [6.45, 7) is 4.42. The van der Waals surface area contributed by atoms with Gasteiger partial charge in [0.1, 0.15) is 0 Å². The van der Waals surface area contributed by atoms with E-state index >= 15 is 0 Å². The van der Waals surface area contributed by atoms with Gasteiger partial charge in [-0.25, -0.2) is 9.86 Å². The summed E-state index contributed by atoms with van der Waals surface area (Å²) in [5.74, 6) is 0.331. The number of likely N-dealkylation sites (tertiary alicyclic amines) is 1. The summed E-state index contributed by atoms with van der Waals surface area (Å²) in [6, 6.07) is 10.8. The highest BCUT2D eigenvalue weighted by molar-refractivity contribution is 7.87. The molecule has 1 aromatic carbocycles. The fourth-order valence-electron chi connectivity index (χ4n) is 2.64. The maximum absolute atomic E-state index is 10.9. The van der Waals surface area contributed by atoms with Gasteiger partial charge >= 0.3 is 0 Å². The summed E-state index contributed by atoms with van der Waals surface area (Å²) in [4.78, 5) is 2.38. The number of hydrogen-bond acceptors (Lipinski definition) is 3. The molecule has 0 unspecified atom stereocenters. The lowest BCUT2D eigenvalue weighted by molar-refractivity contribution is 0.255. The average molecular weight is 283 g/mol. The molecule has 0 radical (unpaired) electrons. The number of nitrogens with zero attached hydrogens (tertiary/aromatic N) is 1. The minimum absolute atomic E-state index is 0.331. The van der Waals surface area contributed by atoms with Crippen molar-refractivity contribution < 1.29 is 8.42 Å². The van der Waals surface area contributed by atoms with Crippen LogP contribution >= 0.6 is 0 Å². The van der Waals surface area contributed by atoms with E-state index in [0.29, 0.717) is 18.5 Å². The third-order valence-electron chi connectivity index (χ3n) is 3.59. The van der Waals surface area contributed by atoms with Crippen molar-refractivity contribution in [3.05, 3.63) is 35.9 Å². The Labute approximate surface area is 115 Å². The molecule has 1 heterocycles. The summed E-state index contributed by atoms with van der Waals surface area (Å²) < 4.78 is 24.2. The van der Waals surface area contributed by atoms with Gasteiger partial charge in [-0.2, -0.15) is 8.42 Å². The first-order valence-corrected chi connectivity index (χ1v) is 8.04. The standard InChI is InChI=1S/C13H21N3O2S/c1-11-7-13(8-15-19(14,17)18)10-16(11)9-12-5-3-2-4-6-12/h2-6,11,13,15H,7-10H2,1H3,(H2,14,17,18)/t11-,13+/m1/s1. The van der Waals surface area contributed by atoms with E-state index in [0.717, 1.165) is 19.5 Å². The zero-order chi connectivity index (χ0) is 13.9. The molecule has 0 aromatic heterocycles. The van der Waals surface area contributed by atoms with E-state index in [1.165, 1.54) is 5.56 Å². The smallest absolute Gasteiger partial charge is 0.274 e. The molecule has 1 fully saturated rings. The van der Waals surface area contributed by atoms with Crippen LogP contribution in [0.15, 0.2) is 30.3 Å². The van der Waals surface area contributed by atoms with Gasteiger partial charge in [0.2, 0.25) is 0 Å². The topological polar surface area (TPSA) is 75.4 Å². The second-order valence-electron chi connectivity index (χ2n) is 5.26. The normalized spacial score (nSPS) is 24.7. The first kappa shape index (κ1) is 14.5. The summed E-state index contributed by atoms with van der Waals surface area (Å²) in [6.07, 6.45) is 0.995. The number of nitrogens with two attached hydrogens (primary N) is 1. The molecule has 0 saturated carbocycles. The molecule has 19 heavy (non-hydrogen) atoms. The Morgan fingerprint density at radius 1 is 1.37 bits per heavy atom. The number of benzene rings is 1. The van der Waals surface area contributed by atoms with E-state index < -0.39 is 10.2 Å². The highest BCUT2D eigenvalue weighted by atomic mass is 32.2. The molecule has 1 saturated heterocycles. The molecule has 0 bridgehead atoms. The summed E-state index contributed by atoms with van der Waals surface area (Å²) in [5.41, 5.74) is 1.29. The highest BCUT2D eigenvalue weighted by Gasteiger charge is 2.29. The van der Waals surface area contributed by atoms with Gasteiger partial charge in [-0.15, -0.1) is 0 Å². The predicted molar refractivity (Wildman–Crippen MR) is 75.5 cm³/mol. The predicted octanol–water partition coefficient (Wildman–Crippen LogP) is 0.690. The van der Waals surface area contributed by atoms with E-state index in [9.17, 15) is 8.42 Å². The molecule has 2 rings (SSSR count). The molecule has 5 nitrogen and oxygen atoms in total.